The maximum absolute atomic E-state index is 10.5. The van der Waals surface area contributed by atoms with Gasteiger partial charge in [-0.15, -0.1) is 0 Å². The maximum atomic E-state index is 10.5. The lowest BCUT2D eigenvalue weighted by Crippen LogP contribution is -2.00. The van der Waals surface area contributed by atoms with E-state index in [-0.39, 0.29) is 11.4 Å². The molecule has 78 valence electrons. The number of carboxylic acid groups (broad SMARTS) is 1. The summed E-state index contributed by atoms with van der Waals surface area (Å²) in [6, 6.07) is 5.80. The van der Waals surface area contributed by atoms with E-state index in [1.165, 1.54) is 18.2 Å². The molecule has 0 aromatic heterocycles. The number of nitrogens with one attached hydrogen (secondary N) is 1. The van der Waals surface area contributed by atoms with Crippen LogP contribution in [0.5, 0.6) is 0 Å². The van der Waals surface area contributed by atoms with E-state index < -0.39 is 10.9 Å². The van der Waals surface area contributed by atoms with Crippen LogP contribution in [0.1, 0.15) is 0 Å². The van der Waals surface area contributed by atoms with Gasteiger partial charge >= 0.3 is 5.97 Å². The van der Waals surface area contributed by atoms with E-state index in [0.29, 0.717) is 6.21 Å². The van der Waals surface area contributed by atoms with Crippen molar-refractivity contribution in [1.82, 2.24) is 0 Å². The number of anilines is 1. The van der Waals surface area contributed by atoms with E-state index >= 15 is 0 Å². The van der Waals surface area contributed by atoms with Crippen molar-refractivity contribution in [2.75, 3.05) is 5.43 Å². The number of carbonyl (C=O) groups is 1. The monoisotopic (exact) mass is 209 g/mol. The third-order valence-electron chi connectivity index (χ3n) is 1.46. The van der Waals surface area contributed by atoms with Gasteiger partial charge in [-0.2, -0.15) is 5.10 Å². The molecule has 0 fully saturated rings. The van der Waals surface area contributed by atoms with Gasteiger partial charge in [0, 0.05) is 6.07 Å². The Morgan fingerprint density at radius 2 is 2.20 bits per heavy atom. The number of para-hydroxylation sites is 2. The number of nitrogens with zero attached hydrogens (tertiary/aromatic N) is 2. The average Bonchev–Trinajstić information content (AvgIpc) is 2.17. The van der Waals surface area contributed by atoms with E-state index in [1.807, 2.05) is 0 Å². The van der Waals surface area contributed by atoms with E-state index in [2.05, 4.69) is 10.5 Å². The summed E-state index contributed by atoms with van der Waals surface area (Å²) in [6.45, 7) is 0. The number of carboxylic acids is 1. The van der Waals surface area contributed by atoms with Gasteiger partial charge in [0.05, 0.1) is 4.92 Å². The number of benzene rings is 1. The van der Waals surface area contributed by atoms with Crippen LogP contribution in [0, 0.1) is 10.1 Å². The molecule has 0 heterocycles. The Hall–Kier alpha value is -2.44. The molecule has 0 spiro atoms. The van der Waals surface area contributed by atoms with Crippen LogP contribution in [0.4, 0.5) is 11.4 Å². The zero-order valence-electron chi connectivity index (χ0n) is 7.45. The second-order valence-corrected chi connectivity index (χ2v) is 2.48. The topological polar surface area (TPSA) is 105 Å². The van der Waals surface area contributed by atoms with Gasteiger partial charge in [-0.3, -0.25) is 15.5 Å². The first-order valence-electron chi connectivity index (χ1n) is 3.86. The Kier molecular flexibility index (Phi) is 3.33. The molecule has 0 radical (unpaired) electrons. The molecule has 0 bridgehead atoms. The highest BCUT2D eigenvalue weighted by molar-refractivity contribution is 6.22. The van der Waals surface area contributed by atoms with Crippen molar-refractivity contribution < 1.29 is 14.8 Å². The van der Waals surface area contributed by atoms with Gasteiger partial charge in [-0.1, -0.05) is 12.1 Å². The van der Waals surface area contributed by atoms with Crippen molar-refractivity contribution in [2.24, 2.45) is 5.10 Å². The van der Waals surface area contributed by atoms with Crippen molar-refractivity contribution in [3.05, 3.63) is 34.4 Å². The molecular weight excluding hydrogens is 202 g/mol. The summed E-state index contributed by atoms with van der Waals surface area (Å²) in [7, 11) is 0. The normalized spacial score (nSPS) is 10.1. The smallest absolute Gasteiger partial charge is 0.348 e. The molecule has 0 amide bonds. The van der Waals surface area contributed by atoms with Crippen molar-refractivity contribution >= 4 is 23.6 Å². The molecule has 0 aliphatic carbocycles. The van der Waals surface area contributed by atoms with Crippen LogP contribution in [0.15, 0.2) is 29.4 Å². The SMILES string of the molecule is O=C(O)C=NNc1ccccc1[N+](=O)[O-]. The molecule has 0 unspecified atom stereocenters. The lowest BCUT2D eigenvalue weighted by molar-refractivity contribution is -0.384. The van der Waals surface area contributed by atoms with Gasteiger partial charge in [0.25, 0.3) is 5.69 Å². The largest absolute Gasteiger partial charge is 0.477 e. The van der Waals surface area contributed by atoms with Crippen molar-refractivity contribution in [3.63, 3.8) is 0 Å². The summed E-state index contributed by atoms with van der Waals surface area (Å²) >= 11 is 0. The third-order valence-corrected chi connectivity index (χ3v) is 1.46. The van der Waals surface area contributed by atoms with Crippen LogP contribution in [0.25, 0.3) is 0 Å². The number of aliphatic carboxylic acids is 1. The zero-order valence-corrected chi connectivity index (χ0v) is 7.45. The lowest BCUT2D eigenvalue weighted by atomic mass is 10.3. The summed E-state index contributed by atoms with van der Waals surface area (Å²) in [5, 5.41) is 22.1. The van der Waals surface area contributed by atoms with Crippen LogP contribution >= 0.6 is 0 Å². The van der Waals surface area contributed by atoms with E-state index in [4.69, 9.17) is 5.11 Å². The minimum Gasteiger partial charge on any atom is -0.477 e. The first kappa shape index (κ1) is 10.6. The molecule has 1 rings (SSSR count). The molecule has 1 aromatic rings. The Morgan fingerprint density at radius 1 is 1.53 bits per heavy atom. The van der Waals surface area contributed by atoms with E-state index in [9.17, 15) is 14.9 Å². The predicted octanol–water partition coefficient (Wildman–Crippen LogP) is 1.08. The number of hydrogen-bond donors (Lipinski definition) is 2. The Morgan fingerprint density at radius 3 is 2.80 bits per heavy atom. The molecule has 7 nitrogen and oxygen atoms in total. The Balaban J connectivity index is 2.85. The second-order valence-electron chi connectivity index (χ2n) is 2.48. The standard InChI is InChI=1S/C8H7N3O4/c12-8(13)5-9-10-6-3-1-2-4-7(6)11(14)15/h1-5,10H,(H,12,13). The first-order valence-corrected chi connectivity index (χ1v) is 3.86. The number of rotatable bonds is 4. The maximum Gasteiger partial charge on any atom is 0.348 e. The number of nitro groups is 1. The van der Waals surface area contributed by atoms with Crippen molar-refractivity contribution in [2.45, 2.75) is 0 Å². The van der Waals surface area contributed by atoms with E-state index in [1.54, 1.807) is 6.07 Å². The molecule has 1 aromatic carbocycles. The summed E-state index contributed by atoms with van der Waals surface area (Å²) < 4.78 is 0. The summed E-state index contributed by atoms with van der Waals surface area (Å²) in [5.74, 6) is -1.24. The number of hydrazone groups is 1. The molecular formula is C8H7N3O4. The quantitative estimate of drug-likeness (QED) is 0.438. The van der Waals surface area contributed by atoms with Crippen LogP contribution < -0.4 is 5.43 Å². The van der Waals surface area contributed by atoms with Gasteiger partial charge in [0.1, 0.15) is 11.9 Å². The molecule has 0 atom stereocenters. The molecule has 0 saturated heterocycles. The van der Waals surface area contributed by atoms with Gasteiger partial charge in [-0.25, -0.2) is 4.79 Å². The molecule has 0 saturated carbocycles. The first-order chi connectivity index (χ1) is 7.11. The Labute approximate surface area is 84.2 Å². The third kappa shape index (κ3) is 3.07. The number of nitro benzene ring substituents is 1. The second kappa shape index (κ2) is 4.70. The predicted molar refractivity (Wildman–Crippen MR) is 52.8 cm³/mol. The average molecular weight is 209 g/mol. The highest BCUT2D eigenvalue weighted by Gasteiger charge is 2.10. The molecule has 7 heteroatoms. The van der Waals surface area contributed by atoms with Gasteiger partial charge in [0.2, 0.25) is 0 Å². The molecule has 0 aliphatic heterocycles. The molecule has 0 aliphatic rings. The summed E-state index contributed by atoms with van der Waals surface area (Å²) in [4.78, 5) is 20.0. The Bertz CT molecular complexity index is 416. The van der Waals surface area contributed by atoms with E-state index in [0.717, 1.165) is 0 Å². The van der Waals surface area contributed by atoms with Crippen LogP contribution in [0.2, 0.25) is 0 Å². The fourth-order valence-electron chi connectivity index (χ4n) is 0.884. The minimum absolute atomic E-state index is 0.139. The van der Waals surface area contributed by atoms with Gasteiger partial charge in [0.15, 0.2) is 0 Å². The van der Waals surface area contributed by atoms with Crippen LogP contribution in [0.3, 0.4) is 0 Å². The highest BCUT2D eigenvalue weighted by Crippen LogP contribution is 2.22. The summed E-state index contributed by atoms with van der Waals surface area (Å²) in [5.41, 5.74) is 2.25. The van der Waals surface area contributed by atoms with Gasteiger partial charge < -0.3 is 5.11 Å². The van der Waals surface area contributed by atoms with Crippen molar-refractivity contribution in [3.8, 4) is 0 Å². The molecule has 2 N–H and O–H groups in total. The summed E-state index contributed by atoms with van der Waals surface area (Å²) in [6.07, 6.45) is 0.608. The lowest BCUT2D eigenvalue weighted by Gasteiger charge is -1.99. The molecule has 15 heavy (non-hydrogen) atoms. The van der Waals surface area contributed by atoms with Crippen LogP contribution in [-0.4, -0.2) is 22.2 Å². The fourth-order valence-corrected chi connectivity index (χ4v) is 0.884. The highest BCUT2D eigenvalue weighted by atomic mass is 16.6. The van der Waals surface area contributed by atoms with Gasteiger partial charge in [-0.05, 0) is 6.07 Å². The zero-order chi connectivity index (χ0) is 11.3. The fraction of sp³-hybridized carbons (Fsp3) is 0. The minimum atomic E-state index is -1.24. The van der Waals surface area contributed by atoms with Crippen molar-refractivity contribution in [1.29, 1.82) is 0 Å². The number of hydrogen-bond acceptors (Lipinski definition) is 5. The van der Waals surface area contributed by atoms with Crippen LogP contribution in [-0.2, 0) is 4.79 Å².